The first-order chi connectivity index (χ1) is 9.15. The third-order valence-corrected chi connectivity index (χ3v) is 4.36. The lowest BCUT2D eigenvalue weighted by Gasteiger charge is -2.32. The van der Waals surface area contributed by atoms with Gasteiger partial charge in [0.05, 0.1) is 12.2 Å². The molecule has 19 heavy (non-hydrogen) atoms. The van der Waals surface area contributed by atoms with Gasteiger partial charge in [0, 0.05) is 32.0 Å². The number of hydrogen-bond donors (Lipinski definition) is 1. The summed E-state index contributed by atoms with van der Waals surface area (Å²) in [5.41, 5.74) is 0. The molecule has 0 spiro atoms. The Bertz CT molecular complexity index is 336. The van der Waals surface area contributed by atoms with Crippen molar-refractivity contribution in [3.05, 3.63) is 12.2 Å². The topological polar surface area (TPSA) is 49.8 Å². The summed E-state index contributed by atoms with van der Waals surface area (Å²) in [5.74, 6) is 0.0523. The first-order valence-corrected chi connectivity index (χ1v) is 7.31. The zero-order chi connectivity index (χ0) is 13.8. The van der Waals surface area contributed by atoms with Crippen molar-refractivity contribution in [1.82, 2.24) is 4.90 Å². The molecule has 2 saturated heterocycles. The molecule has 0 radical (unpaired) electrons. The lowest BCUT2D eigenvalue weighted by atomic mass is 9.84. The van der Waals surface area contributed by atoms with Crippen LogP contribution in [0.1, 0.15) is 32.6 Å². The van der Waals surface area contributed by atoms with E-state index >= 15 is 0 Å². The molecule has 2 fully saturated rings. The molecule has 108 valence electrons. The fourth-order valence-corrected chi connectivity index (χ4v) is 3.21. The number of hydrogen-bond acceptors (Lipinski definition) is 3. The molecule has 4 unspecified atom stereocenters. The number of nitrogens with zero attached hydrogens (tertiary/aromatic N) is 1. The van der Waals surface area contributed by atoms with Gasteiger partial charge in [0.25, 0.3) is 0 Å². The van der Waals surface area contributed by atoms with E-state index < -0.39 is 6.10 Å². The van der Waals surface area contributed by atoms with Gasteiger partial charge in [-0.2, -0.15) is 0 Å². The molecule has 0 aromatic heterocycles. The Morgan fingerprint density at radius 2 is 2.32 bits per heavy atom. The molecule has 2 heterocycles. The van der Waals surface area contributed by atoms with Crippen molar-refractivity contribution in [3.8, 4) is 0 Å². The van der Waals surface area contributed by atoms with Gasteiger partial charge in [-0.25, -0.2) is 0 Å². The molecule has 0 aromatic carbocycles. The van der Waals surface area contributed by atoms with Crippen LogP contribution in [0.5, 0.6) is 0 Å². The molecule has 4 atom stereocenters. The van der Waals surface area contributed by atoms with Gasteiger partial charge in [-0.15, -0.1) is 0 Å². The number of aliphatic hydroxyl groups excluding tert-OH is 1. The van der Waals surface area contributed by atoms with Crippen molar-refractivity contribution in [1.29, 1.82) is 0 Å². The molecule has 2 aliphatic rings. The second-order valence-corrected chi connectivity index (χ2v) is 5.69. The van der Waals surface area contributed by atoms with Crippen LogP contribution in [0.15, 0.2) is 12.2 Å². The number of likely N-dealkylation sites (tertiary alicyclic amines) is 1. The van der Waals surface area contributed by atoms with Crippen molar-refractivity contribution < 1.29 is 14.6 Å². The molecule has 1 N–H and O–H groups in total. The fourth-order valence-electron chi connectivity index (χ4n) is 3.21. The van der Waals surface area contributed by atoms with Gasteiger partial charge in [-0.3, -0.25) is 4.79 Å². The quantitative estimate of drug-likeness (QED) is 0.787. The van der Waals surface area contributed by atoms with Crippen molar-refractivity contribution >= 4 is 5.91 Å². The normalized spacial score (nSPS) is 34.2. The standard InChI is InChI=1S/C15H25NO3/c1-3-4-7-11-12(10-16(2)15(11)18)14(17)13-8-5-6-9-19-13/h3-4,11-14,17H,5-10H2,1-2H3. The molecule has 0 bridgehead atoms. The Morgan fingerprint density at radius 3 is 2.95 bits per heavy atom. The van der Waals surface area contributed by atoms with Crippen LogP contribution in [0.2, 0.25) is 0 Å². The van der Waals surface area contributed by atoms with E-state index in [-0.39, 0.29) is 23.8 Å². The lowest BCUT2D eigenvalue weighted by molar-refractivity contribution is -0.131. The van der Waals surface area contributed by atoms with E-state index in [1.54, 1.807) is 4.90 Å². The number of carbonyl (C=O) groups excluding carboxylic acids is 1. The number of amides is 1. The largest absolute Gasteiger partial charge is 0.390 e. The Hall–Kier alpha value is -0.870. The predicted molar refractivity (Wildman–Crippen MR) is 73.6 cm³/mol. The Labute approximate surface area is 115 Å². The maximum atomic E-state index is 12.1. The van der Waals surface area contributed by atoms with Crippen molar-refractivity contribution in [2.45, 2.75) is 44.8 Å². The van der Waals surface area contributed by atoms with Gasteiger partial charge in [-0.05, 0) is 32.6 Å². The maximum absolute atomic E-state index is 12.1. The van der Waals surface area contributed by atoms with E-state index in [9.17, 15) is 9.90 Å². The summed E-state index contributed by atoms with van der Waals surface area (Å²) in [7, 11) is 1.82. The summed E-state index contributed by atoms with van der Waals surface area (Å²) in [5, 5.41) is 10.6. The number of aliphatic hydroxyl groups is 1. The van der Waals surface area contributed by atoms with Crippen LogP contribution in [0, 0.1) is 11.8 Å². The van der Waals surface area contributed by atoms with E-state index in [1.165, 1.54) is 0 Å². The molecule has 4 heteroatoms. The smallest absolute Gasteiger partial charge is 0.226 e. The van der Waals surface area contributed by atoms with E-state index in [2.05, 4.69) is 0 Å². The fraction of sp³-hybridized carbons (Fsp3) is 0.800. The number of allylic oxidation sites excluding steroid dienone is 2. The van der Waals surface area contributed by atoms with Crippen LogP contribution >= 0.6 is 0 Å². The van der Waals surface area contributed by atoms with Crippen LogP contribution in [-0.2, 0) is 9.53 Å². The van der Waals surface area contributed by atoms with Gasteiger partial charge in [0.2, 0.25) is 5.91 Å². The van der Waals surface area contributed by atoms with Crippen LogP contribution in [0.3, 0.4) is 0 Å². The first-order valence-electron chi connectivity index (χ1n) is 7.31. The average Bonchev–Trinajstić information content (AvgIpc) is 2.73. The molecule has 4 nitrogen and oxygen atoms in total. The lowest BCUT2D eigenvalue weighted by Crippen LogP contribution is -2.41. The minimum Gasteiger partial charge on any atom is -0.390 e. The Kier molecular flexibility index (Phi) is 4.99. The highest BCUT2D eigenvalue weighted by molar-refractivity contribution is 5.81. The van der Waals surface area contributed by atoms with E-state index in [1.807, 2.05) is 26.1 Å². The summed E-state index contributed by atoms with van der Waals surface area (Å²) >= 11 is 0. The minimum absolute atomic E-state index is 0.00296. The SMILES string of the molecule is CC=CCC1C(=O)N(C)CC1C(O)C1CCCCO1. The van der Waals surface area contributed by atoms with Gasteiger partial charge in [0.15, 0.2) is 0 Å². The van der Waals surface area contributed by atoms with E-state index in [0.29, 0.717) is 13.0 Å². The van der Waals surface area contributed by atoms with Gasteiger partial charge in [-0.1, -0.05) is 12.2 Å². The van der Waals surface area contributed by atoms with Gasteiger partial charge >= 0.3 is 0 Å². The zero-order valence-corrected chi connectivity index (χ0v) is 11.9. The van der Waals surface area contributed by atoms with Gasteiger partial charge < -0.3 is 14.7 Å². The second kappa shape index (κ2) is 6.53. The van der Waals surface area contributed by atoms with Crippen molar-refractivity contribution in [2.24, 2.45) is 11.8 Å². The highest BCUT2D eigenvalue weighted by Crippen LogP contribution is 2.33. The molecule has 0 saturated carbocycles. The molecule has 0 aromatic rings. The second-order valence-electron chi connectivity index (χ2n) is 5.69. The summed E-state index contributed by atoms with van der Waals surface area (Å²) < 4.78 is 5.68. The first kappa shape index (κ1) is 14.5. The highest BCUT2D eigenvalue weighted by atomic mass is 16.5. The molecule has 0 aliphatic carbocycles. The minimum atomic E-state index is -0.524. The third kappa shape index (κ3) is 3.18. The van der Waals surface area contributed by atoms with Crippen LogP contribution in [-0.4, -0.2) is 48.3 Å². The third-order valence-electron chi connectivity index (χ3n) is 4.36. The van der Waals surface area contributed by atoms with Crippen LogP contribution < -0.4 is 0 Å². The van der Waals surface area contributed by atoms with Gasteiger partial charge in [0.1, 0.15) is 0 Å². The van der Waals surface area contributed by atoms with Crippen LogP contribution in [0.25, 0.3) is 0 Å². The molecule has 1 amide bonds. The predicted octanol–water partition coefficient (Wildman–Crippen LogP) is 1.59. The average molecular weight is 267 g/mol. The number of carbonyl (C=O) groups is 1. The summed E-state index contributed by atoms with van der Waals surface area (Å²) in [6.07, 6.45) is 7.18. The Balaban J connectivity index is 2.04. The monoisotopic (exact) mass is 267 g/mol. The Morgan fingerprint density at radius 1 is 1.53 bits per heavy atom. The van der Waals surface area contributed by atoms with Crippen molar-refractivity contribution in [3.63, 3.8) is 0 Å². The summed E-state index contributed by atoms with van der Waals surface area (Å²) in [6, 6.07) is 0. The van der Waals surface area contributed by atoms with E-state index in [4.69, 9.17) is 4.74 Å². The van der Waals surface area contributed by atoms with Crippen LogP contribution in [0.4, 0.5) is 0 Å². The molecule has 2 rings (SSSR count). The summed E-state index contributed by atoms with van der Waals surface area (Å²) in [6.45, 7) is 3.33. The maximum Gasteiger partial charge on any atom is 0.226 e. The number of rotatable bonds is 4. The van der Waals surface area contributed by atoms with Crippen molar-refractivity contribution in [2.75, 3.05) is 20.2 Å². The highest BCUT2D eigenvalue weighted by Gasteiger charge is 2.44. The zero-order valence-electron chi connectivity index (χ0n) is 11.9. The number of ether oxygens (including phenoxy) is 1. The molecular weight excluding hydrogens is 242 g/mol. The molecular formula is C15H25NO3. The van der Waals surface area contributed by atoms with E-state index in [0.717, 1.165) is 25.9 Å². The summed E-state index contributed by atoms with van der Waals surface area (Å²) in [4.78, 5) is 13.9. The molecule has 2 aliphatic heterocycles.